The number of carbonyl (C=O) groups excluding carboxylic acids is 1. The van der Waals surface area contributed by atoms with Crippen LogP contribution in [0.4, 0.5) is 0 Å². The number of hydrogen-bond acceptors (Lipinski definition) is 3. The maximum atomic E-state index is 12.2. The number of rotatable bonds is 7. The van der Waals surface area contributed by atoms with Crippen molar-refractivity contribution in [2.75, 3.05) is 14.2 Å². The van der Waals surface area contributed by atoms with Crippen molar-refractivity contribution in [2.45, 2.75) is 26.3 Å². The predicted octanol–water partition coefficient (Wildman–Crippen LogP) is 4.29. The van der Waals surface area contributed by atoms with E-state index in [-0.39, 0.29) is 11.9 Å². The Kier molecular flexibility index (Phi) is 6.63. The van der Waals surface area contributed by atoms with Gasteiger partial charge in [0.15, 0.2) is 0 Å². The van der Waals surface area contributed by atoms with Gasteiger partial charge in [0.2, 0.25) is 5.91 Å². The molecule has 1 atom stereocenters. The Labute approximate surface area is 149 Å². The van der Waals surface area contributed by atoms with E-state index in [2.05, 4.69) is 18.3 Å². The summed E-state index contributed by atoms with van der Waals surface area (Å²) in [7, 11) is 3.29. The van der Waals surface area contributed by atoms with Crippen LogP contribution in [-0.2, 0) is 4.79 Å². The second-order valence-electron chi connectivity index (χ2n) is 5.80. The van der Waals surface area contributed by atoms with Gasteiger partial charge in [-0.15, -0.1) is 0 Å². The number of ether oxygens (including phenoxy) is 2. The van der Waals surface area contributed by atoms with E-state index in [1.54, 1.807) is 26.4 Å². The molecule has 0 bridgehead atoms. The topological polar surface area (TPSA) is 47.6 Å². The highest BCUT2D eigenvalue weighted by Crippen LogP contribution is 2.24. The van der Waals surface area contributed by atoms with Gasteiger partial charge in [0.05, 0.1) is 20.3 Å². The molecule has 4 heteroatoms. The fourth-order valence-electron chi connectivity index (χ4n) is 2.65. The number of methoxy groups -OCH3 is 2. The molecule has 132 valence electrons. The maximum absolute atomic E-state index is 12.2. The number of hydrogen-bond donors (Lipinski definition) is 1. The molecule has 0 fully saturated rings. The number of benzene rings is 2. The molecule has 1 unspecified atom stereocenters. The summed E-state index contributed by atoms with van der Waals surface area (Å²) in [6, 6.07) is 13.5. The zero-order valence-corrected chi connectivity index (χ0v) is 15.2. The molecule has 0 spiro atoms. The molecule has 0 aliphatic heterocycles. The molecule has 0 heterocycles. The van der Waals surface area contributed by atoms with Gasteiger partial charge >= 0.3 is 0 Å². The average molecular weight is 339 g/mol. The first kappa shape index (κ1) is 18.6. The van der Waals surface area contributed by atoms with E-state index in [9.17, 15) is 4.79 Å². The van der Waals surface area contributed by atoms with Gasteiger partial charge in [-0.25, -0.2) is 0 Å². The van der Waals surface area contributed by atoms with E-state index in [0.717, 1.165) is 34.6 Å². The molecule has 0 saturated carbocycles. The van der Waals surface area contributed by atoms with Crippen molar-refractivity contribution in [3.63, 3.8) is 0 Å². The summed E-state index contributed by atoms with van der Waals surface area (Å²) >= 11 is 0. The van der Waals surface area contributed by atoms with Gasteiger partial charge in [0.25, 0.3) is 0 Å². The van der Waals surface area contributed by atoms with Gasteiger partial charge in [-0.05, 0) is 54.3 Å². The van der Waals surface area contributed by atoms with Crippen molar-refractivity contribution in [1.82, 2.24) is 5.32 Å². The highest BCUT2D eigenvalue weighted by atomic mass is 16.5. The second-order valence-corrected chi connectivity index (χ2v) is 5.80. The van der Waals surface area contributed by atoms with Gasteiger partial charge in [0.1, 0.15) is 11.5 Å². The van der Waals surface area contributed by atoms with Gasteiger partial charge in [-0.2, -0.15) is 0 Å². The summed E-state index contributed by atoms with van der Waals surface area (Å²) in [5, 5.41) is 3.05. The first-order valence-electron chi connectivity index (χ1n) is 8.34. The molecule has 2 aromatic carbocycles. The number of nitrogens with one attached hydrogen (secondary N) is 1. The van der Waals surface area contributed by atoms with E-state index < -0.39 is 0 Å². The standard InChI is InChI=1S/C21H25NO3/c1-5-19(17-9-12-20(25-4)15(2)14-17)22-21(23)13-8-16-6-10-18(24-3)11-7-16/h6-14,19H,5H2,1-4H3,(H,22,23)/b13-8+. The Bertz CT molecular complexity index is 735. The van der Waals surface area contributed by atoms with E-state index in [0.29, 0.717) is 0 Å². The first-order valence-corrected chi connectivity index (χ1v) is 8.34. The summed E-state index contributed by atoms with van der Waals surface area (Å²) in [6.07, 6.45) is 4.16. The highest BCUT2D eigenvalue weighted by Gasteiger charge is 2.12. The minimum atomic E-state index is -0.115. The van der Waals surface area contributed by atoms with Crippen LogP contribution in [0.2, 0.25) is 0 Å². The molecule has 0 aliphatic carbocycles. The molecule has 0 saturated heterocycles. The van der Waals surface area contributed by atoms with Crippen LogP contribution >= 0.6 is 0 Å². The molecule has 2 rings (SSSR count). The molecular formula is C21H25NO3. The SMILES string of the molecule is CCC(NC(=O)/C=C/c1ccc(OC)cc1)c1ccc(OC)c(C)c1. The van der Waals surface area contributed by atoms with Crippen LogP contribution in [-0.4, -0.2) is 20.1 Å². The van der Waals surface area contributed by atoms with Crippen molar-refractivity contribution in [2.24, 2.45) is 0 Å². The Morgan fingerprint density at radius 1 is 1.12 bits per heavy atom. The van der Waals surface area contributed by atoms with Crippen LogP contribution < -0.4 is 14.8 Å². The minimum absolute atomic E-state index is 0.0300. The van der Waals surface area contributed by atoms with Crippen molar-refractivity contribution in [1.29, 1.82) is 0 Å². The van der Waals surface area contributed by atoms with Crippen LogP contribution in [0, 0.1) is 6.92 Å². The molecule has 1 N–H and O–H groups in total. The third-order valence-electron chi connectivity index (χ3n) is 4.09. The lowest BCUT2D eigenvalue weighted by atomic mass is 10.0. The van der Waals surface area contributed by atoms with E-state index in [1.165, 1.54) is 0 Å². The average Bonchev–Trinajstić information content (AvgIpc) is 2.64. The van der Waals surface area contributed by atoms with Gasteiger partial charge in [-0.1, -0.05) is 31.2 Å². The Balaban J connectivity index is 2.03. The van der Waals surface area contributed by atoms with Gasteiger partial charge in [-0.3, -0.25) is 4.79 Å². The Morgan fingerprint density at radius 3 is 2.40 bits per heavy atom. The van der Waals surface area contributed by atoms with Crippen molar-refractivity contribution in [3.8, 4) is 11.5 Å². The summed E-state index contributed by atoms with van der Waals surface area (Å²) in [5.74, 6) is 1.53. The molecule has 0 radical (unpaired) electrons. The van der Waals surface area contributed by atoms with Gasteiger partial charge < -0.3 is 14.8 Å². The van der Waals surface area contributed by atoms with E-state index >= 15 is 0 Å². The molecule has 4 nitrogen and oxygen atoms in total. The lowest BCUT2D eigenvalue weighted by Gasteiger charge is -2.18. The largest absolute Gasteiger partial charge is 0.497 e. The van der Waals surface area contributed by atoms with Crippen molar-refractivity contribution in [3.05, 3.63) is 65.2 Å². The van der Waals surface area contributed by atoms with Crippen LogP contribution in [0.3, 0.4) is 0 Å². The summed E-state index contributed by atoms with van der Waals surface area (Å²) in [5.41, 5.74) is 3.08. The fraction of sp³-hybridized carbons (Fsp3) is 0.286. The number of carbonyl (C=O) groups is 1. The summed E-state index contributed by atoms with van der Waals surface area (Å²) in [6.45, 7) is 4.05. The van der Waals surface area contributed by atoms with Crippen LogP contribution in [0.15, 0.2) is 48.5 Å². The zero-order chi connectivity index (χ0) is 18.2. The van der Waals surface area contributed by atoms with Crippen molar-refractivity contribution >= 4 is 12.0 Å². The summed E-state index contributed by atoms with van der Waals surface area (Å²) in [4.78, 5) is 12.2. The minimum Gasteiger partial charge on any atom is -0.497 e. The Hall–Kier alpha value is -2.75. The fourth-order valence-corrected chi connectivity index (χ4v) is 2.65. The Morgan fingerprint density at radius 2 is 1.84 bits per heavy atom. The smallest absolute Gasteiger partial charge is 0.244 e. The molecule has 0 aliphatic rings. The second kappa shape index (κ2) is 8.92. The third-order valence-corrected chi connectivity index (χ3v) is 4.09. The predicted molar refractivity (Wildman–Crippen MR) is 101 cm³/mol. The molecule has 25 heavy (non-hydrogen) atoms. The highest BCUT2D eigenvalue weighted by molar-refractivity contribution is 5.92. The zero-order valence-electron chi connectivity index (χ0n) is 15.2. The molecular weight excluding hydrogens is 314 g/mol. The maximum Gasteiger partial charge on any atom is 0.244 e. The van der Waals surface area contributed by atoms with Gasteiger partial charge in [0, 0.05) is 6.08 Å². The first-order chi connectivity index (χ1) is 12.1. The lowest BCUT2D eigenvalue weighted by molar-refractivity contribution is -0.117. The summed E-state index contributed by atoms with van der Waals surface area (Å²) < 4.78 is 10.4. The quantitative estimate of drug-likeness (QED) is 0.765. The van der Waals surface area contributed by atoms with E-state index in [1.807, 2.05) is 43.3 Å². The normalized spacial score (nSPS) is 12.0. The van der Waals surface area contributed by atoms with Crippen LogP contribution in [0.25, 0.3) is 6.08 Å². The number of amides is 1. The number of aryl methyl sites for hydroxylation is 1. The molecule has 1 amide bonds. The van der Waals surface area contributed by atoms with Crippen LogP contribution in [0.5, 0.6) is 11.5 Å². The molecule has 0 aromatic heterocycles. The van der Waals surface area contributed by atoms with Crippen LogP contribution in [0.1, 0.15) is 36.1 Å². The monoisotopic (exact) mass is 339 g/mol. The molecule has 2 aromatic rings. The third kappa shape index (κ3) is 5.11. The van der Waals surface area contributed by atoms with E-state index in [4.69, 9.17) is 9.47 Å². The van der Waals surface area contributed by atoms with Crippen molar-refractivity contribution < 1.29 is 14.3 Å². The lowest BCUT2D eigenvalue weighted by Crippen LogP contribution is -2.26.